The van der Waals surface area contributed by atoms with E-state index in [0.29, 0.717) is 0 Å². The molecule has 0 bridgehead atoms. The van der Waals surface area contributed by atoms with Crippen LogP contribution in [0.5, 0.6) is 0 Å². The Morgan fingerprint density at radius 1 is 0.438 bits per heavy atom. The van der Waals surface area contributed by atoms with Crippen LogP contribution in [0.15, 0.2) is 164 Å². The van der Waals surface area contributed by atoms with Crippen LogP contribution < -0.4 is 15.9 Å². The first-order valence-corrected chi connectivity index (χ1v) is 18.2. The van der Waals surface area contributed by atoms with E-state index >= 15 is 4.57 Å². The van der Waals surface area contributed by atoms with Crippen LogP contribution in [0.2, 0.25) is 0 Å². The molecule has 1 atom stereocenters. The molecule has 2 aliphatic rings. The fraction of sp³-hybridized carbons (Fsp3) is 0.0455. The maximum Gasteiger partial charge on any atom is 0.171 e. The summed E-state index contributed by atoms with van der Waals surface area (Å²) in [6, 6.07) is 43.7. The Kier molecular flexibility index (Phi) is 6.88. The molecule has 1 unspecified atom stereocenters. The average molecular weight is 637 g/mol. The Labute approximate surface area is 280 Å². The molecule has 4 heteroatoms. The van der Waals surface area contributed by atoms with Crippen molar-refractivity contribution in [2.24, 2.45) is 0 Å². The maximum absolute atomic E-state index is 15.5. The number of hydrogen-bond donors (Lipinski definition) is 0. The van der Waals surface area contributed by atoms with E-state index in [1.165, 1.54) is 33.3 Å². The Bertz CT molecular complexity index is 2410. The van der Waals surface area contributed by atoms with Gasteiger partial charge in [0.05, 0.1) is 22.4 Å². The van der Waals surface area contributed by atoms with Gasteiger partial charge in [-0.05, 0) is 96.8 Å². The zero-order valence-corrected chi connectivity index (χ0v) is 27.3. The Hall–Kier alpha value is -5.63. The minimum Gasteiger partial charge on any atom is -0.310 e. The molecule has 0 spiro atoms. The van der Waals surface area contributed by atoms with Crippen LogP contribution in [0.25, 0.3) is 45.3 Å². The van der Waals surface area contributed by atoms with Crippen molar-refractivity contribution in [1.29, 1.82) is 0 Å². The molecule has 0 N–H and O–H groups in total. The van der Waals surface area contributed by atoms with Crippen LogP contribution >= 0.6 is 7.14 Å². The zero-order valence-electron chi connectivity index (χ0n) is 26.4. The lowest BCUT2D eigenvalue weighted by atomic mass is 10.0. The molecule has 0 aliphatic heterocycles. The number of allylic oxidation sites excluding steroid dienone is 6. The smallest absolute Gasteiger partial charge is 0.171 e. The highest BCUT2D eigenvalue weighted by molar-refractivity contribution is 7.85. The maximum atomic E-state index is 15.5. The largest absolute Gasteiger partial charge is 0.310 e. The summed E-state index contributed by atoms with van der Waals surface area (Å²) in [5, 5.41) is 4.91. The summed E-state index contributed by atoms with van der Waals surface area (Å²) in [6.07, 6.45) is 19.2. The molecule has 3 nitrogen and oxygen atoms in total. The van der Waals surface area contributed by atoms with Gasteiger partial charge in [-0.2, -0.15) is 0 Å². The molecule has 0 saturated heterocycles. The summed E-state index contributed by atoms with van der Waals surface area (Å²) in [4.78, 5) is 0. The van der Waals surface area contributed by atoms with Crippen LogP contribution in [0, 0.1) is 0 Å². The Balaban J connectivity index is 1.16. The third-order valence-electron chi connectivity index (χ3n) is 9.75. The monoisotopic (exact) mass is 636 g/mol. The summed E-state index contributed by atoms with van der Waals surface area (Å²) in [5.74, 6) is 0. The van der Waals surface area contributed by atoms with Crippen molar-refractivity contribution < 1.29 is 4.57 Å². The van der Waals surface area contributed by atoms with Crippen molar-refractivity contribution in [3.63, 3.8) is 0 Å². The standard InChI is InChI=1S/C44H33N2OP/c47-48(34-14-4-1-5-15-34,36-30-26-33(27-31-36)46-43-22-12-10-18-39(43)40-19-11-13-23-44(40)46)35-28-24-32(25-29-35)45-41-20-8-2-6-16-37(41)38-17-7-3-9-21-42(38)45/h1-15,18-31H,16-17H2. The minimum atomic E-state index is -3.19. The van der Waals surface area contributed by atoms with Gasteiger partial charge in [0, 0.05) is 38.1 Å². The fourth-order valence-corrected chi connectivity index (χ4v) is 10.1. The van der Waals surface area contributed by atoms with Gasteiger partial charge in [0.15, 0.2) is 7.14 Å². The van der Waals surface area contributed by atoms with E-state index in [1.54, 1.807) is 0 Å². The molecule has 2 aromatic heterocycles. The van der Waals surface area contributed by atoms with Crippen LogP contribution in [0.1, 0.15) is 22.5 Å². The normalized spacial score (nSPS) is 14.8. The van der Waals surface area contributed by atoms with Crippen molar-refractivity contribution in [3.8, 4) is 11.4 Å². The number of rotatable bonds is 5. The fourth-order valence-electron chi connectivity index (χ4n) is 7.52. The number of aromatic nitrogens is 2. The predicted molar refractivity (Wildman–Crippen MR) is 203 cm³/mol. The quantitative estimate of drug-likeness (QED) is 0.173. The SMILES string of the molecule is O=P(c1ccccc1)(c1ccc(-n2c3c(c4c2C=CC=CC4)CC=CC=C3)cc1)c1ccc(-n2c3ccccc3c3ccccc32)cc1. The summed E-state index contributed by atoms with van der Waals surface area (Å²) >= 11 is 0. The second kappa shape index (κ2) is 11.6. The highest BCUT2D eigenvalue weighted by Gasteiger charge is 2.30. The van der Waals surface area contributed by atoms with E-state index < -0.39 is 7.14 Å². The first-order chi connectivity index (χ1) is 23.7. The molecule has 7 aromatic rings. The third kappa shape index (κ3) is 4.47. The highest BCUT2D eigenvalue weighted by atomic mass is 31.2. The Morgan fingerprint density at radius 3 is 1.40 bits per heavy atom. The molecule has 0 radical (unpaired) electrons. The molecule has 48 heavy (non-hydrogen) atoms. The van der Waals surface area contributed by atoms with Crippen molar-refractivity contribution in [2.45, 2.75) is 12.8 Å². The lowest BCUT2D eigenvalue weighted by Gasteiger charge is -2.21. The summed E-state index contributed by atoms with van der Waals surface area (Å²) in [5.41, 5.74) is 9.59. The lowest BCUT2D eigenvalue weighted by Crippen LogP contribution is -2.25. The zero-order chi connectivity index (χ0) is 32.1. The van der Waals surface area contributed by atoms with Crippen molar-refractivity contribution in [1.82, 2.24) is 9.13 Å². The van der Waals surface area contributed by atoms with Gasteiger partial charge in [0.2, 0.25) is 0 Å². The van der Waals surface area contributed by atoms with E-state index in [9.17, 15) is 0 Å². The number of benzene rings is 5. The van der Waals surface area contributed by atoms with Gasteiger partial charge in [-0.3, -0.25) is 0 Å². The van der Waals surface area contributed by atoms with Gasteiger partial charge in [-0.15, -0.1) is 0 Å². The average Bonchev–Trinajstić information content (AvgIpc) is 3.34. The number of fused-ring (bicyclic) bond motifs is 6. The van der Waals surface area contributed by atoms with Gasteiger partial charge in [0.25, 0.3) is 0 Å². The van der Waals surface area contributed by atoms with Gasteiger partial charge in [-0.1, -0.05) is 103 Å². The summed E-state index contributed by atoms with van der Waals surface area (Å²) < 4.78 is 20.2. The van der Waals surface area contributed by atoms with E-state index in [2.05, 4.69) is 155 Å². The van der Waals surface area contributed by atoms with Crippen molar-refractivity contribution in [2.75, 3.05) is 0 Å². The lowest BCUT2D eigenvalue weighted by molar-refractivity contribution is 0.592. The first kappa shape index (κ1) is 28.6. The third-order valence-corrected chi connectivity index (χ3v) is 12.8. The van der Waals surface area contributed by atoms with Crippen LogP contribution in [0.4, 0.5) is 0 Å². The van der Waals surface area contributed by atoms with Gasteiger partial charge >= 0.3 is 0 Å². The molecule has 9 rings (SSSR count). The number of para-hydroxylation sites is 2. The molecule has 0 amide bonds. The van der Waals surface area contributed by atoms with Gasteiger partial charge in [0.1, 0.15) is 0 Å². The molecule has 0 fully saturated rings. The van der Waals surface area contributed by atoms with E-state index in [1.807, 2.05) is 30.3 Å². The van der Waals surface area contributed by atoms with Crippen LogP contribution in [-0.4, -0.2) is 9.13 Å². The van der Waals surface area contributed by atoms with Crippen LogP contribution in [0.3, 0.4) is 0 Å². The van der Waals surface area contributed by atoms with E-state index in [-0.39, 0.29) is 0 Å². The number of hydrogen-bond acceptors (Lipinski definition) is 1. The van der Waals surface area contributed by atoms with E-state index in [4.69, 9.17) is 0 Å². The summed E-state index contributed by atoms with van der Waals surface area (Å²) in [6.45, 7) is 0. The Morgan fingerprint density at radius 2 is 0.875 bits per heavy atom. The number of nitrogens with zero attached hydrogens (tertiary/aromatic N) is 2. The van der Waals surface area contributed by atoms with Gasteiger partial charge < -0.3 is 13.7 Å². The highest BCUT2D eigenvalue weighted by Crippen LogP contribution is 2.43. The second-order valence-electron chi connectivity index (χ2n) is 12.4. The van der Waals surface area contributed by atoms with Gasteiger partial charge in [-0.25, -0.2) is 0 Å². The van der Waals surface area contributed by atoms with Crippen LogP contribution in [-0.2, 0) is 17.4 Å². The summed E-state index contributed by atoms with van der Waals surface area (Å²) in [7, 11) is -3.19. The molecule has 5 aromatic carbocycles. The topological polar surface area (TPSA) is 26.9 Å². The second-order valence-corrected chi connectivity index (χ2v) is 15.2. The van der Waals surface area contributed by atoms with E-state index in [0.717, 1.165) is 51.2 Å². The molecule has 2 aliphatic carbocycles. The molecule has 230 valence electrons. The molecular weight excluding hydrogens is 603 g/mol. The molecular formula is C44H33N2OP. The molecule has 0 saturated carbocycles. The predicted octanol–water partition coefficient (Wildman–Crippen LogP) is 9.46. The minimum absolute atomic E-state index is 0.817. The van der Waals surface area contributed by atoms with Crippen molar-refractivity contribution in [3.05, 3.63) is 186 Å². The first-order valence-electron chi connectivity index (χ1n) is 16.5. The van der Waals surface area contributed by atoms with Crippen molar-refractivity contribution >= 4 is 57.0 Å². The molecule has 2 heterocycles.